The second kappa shape index (κ2) is 5.45. The first-order chi connectivity index (χ1) is 11.8. The van der Waals surface area contributed by atoms with Gasteiger partial charge in [0, 0.05) is 0 Å². The zero-order valence-corrected chi connectivity index (χ0v) is 15.3. The molecule has 3 aromatic rings. The maximum atomic E-state index is 10.3. The molecular weight excluding hydrogens is 307 g/mol. The molecule has 0 amide bonds. The standard InChI is InChI=1S/C22H23BO2/c1-21(2,24)22(3,4)25-23-19-13-12-17-15-9-6-5-8-14(15)16-10-7-11-18(19)20(16)17/h5-13,23-24H,1-4H3. The molecule has 3 aromatic carbocycles. The van der Waals surface area contributed by atoms with Crippen molar-refractivity contribution in [2.45, 2.75) is 38.9 Å². The van der Waals surface area contributed by atoms with Crippen LogP contribution in [-0.4, -0.2) is 23.8 Å². The number of hydrogen-bond donors (Lipinski definition) is 1. The van der Waals surface area contributed by atoms with E-state index in [-0.39, 0.29) is 0 Å². The molecule has 0 atom stereocenters. The van der Waals surface area contributed by atoms with Crippen molar-refractivity contribution in [3.05, 3.63) is 54.6 Å². The third-order valence-corrected chi connectivity index (χ3v) is 5.70. The maximum absolute atomic E-state index is 10.3. The second-order valence-electron chi connectivity index (χ2n) is 7.90. The van der Waals surface area contributed by atoms with Crippen molar-refractivity contribution in [3.8, 4) is 22.3 Å². The third-order valence-electron chi connectivity index (χ3n) is 5.70. The van der Waals surface area contributed by atoms with Gasteiger partial charge in [-0.15, -0.1) is 0 Å². The maximum Gasteiger partial charge on any atom is 0.310 e. The first-order valence-electron chi connectivity index (χ1n) is 8.80. The Morgan fingerprint density at radius 3 is 2.00 bits per heavy atom. The van der Waals surface area contributed by atoms with Gasteiger partial charge in [0.1, 0.15) is 0 Å². The molecule has 0 heterocycles. The van der Waals surface area contributed by atoms with E-state index in [0.29, 0.717) is 7.48 Å². The summed E-state index contributed by atoms with van der Waals surface area (Å²) in [5, 5.41) is 12.9. The molecule has 0 aliphatic heterocycles. The van der Waals surface area contributed by atoms with Crippen molar-refractivity contribution < 1.29 is 9.76 Å². The zero-order valence-electron chi connectivity index (χ0n) is 15.3. The quantitative estimate of drug-likeness (QED) is 0.573. The van der Waals surface area contributed by atoms with Gasteiger partial charge >= 0.3 is 7.48 Å². The summed E-state index contributed by atoms with van der Waals surface area (Å²) >= 11 is 0. The van der Waals surface area contributed by atoms with Crippen molar-refractivity contribution in [1.82, 2.24) is 0 Å². The van der Waals surface area contributed by atoms with Gasteiger partial charge in [-0.1, -0.05) is 54.6 Å². The van der Waals surface area contributed by atoms with Crippen LogP contribution in [0.1, 0.15) is 27.7 Å². The number of fused-ring (bicyclic) bond motifs is 3. The van der Waals surface area contributed by atoms with E-state index in [2.05, 4.69) is 54.6 Å². The van der Waals surface area contributed by atoms with Gasteiger partial charge in [-0.05, 0) is 66.2 Å². The minimum absolute atomic E-state index is 0.480. The molecule has 0 radical (unpaired) electrons. The van der Waals surface area contributed by atoms with Gasteiger partial charge in [-0.25, -0.2) is 0 Å². The van der Waals surface area contributed by atoms with Crippen LogP contribution in [0.5, 0.6) is 0 Å². The van der Waals surface area contributed by atoms with Crippen molar-refractivity contribution in [2.75, 3.05) is 0 Å². The lowest BCUT2D eigenvalue weighted by molar-refractivity contribution is -0.0893. The van der Waals surface area contributed by atoms with E-state index in [1.165, 1.54) is 33.0 Å². The van der Waals surface area contributed by atoms with E-state index in [4.69, 9.17) is 4.65 Å². The molecule has 0 spiro atoms. The Hall–Kier alpha value is -2.10. The summed E-state index contributed by atoms with van der Waals surface area (Å²) in [6.45, 7) is 7.44. The van der Waals surface area contributed by atoms with Crippen LogP contribution in [0.3, 0.4) is 0 Å². The molecule has 2 nitrogen and oxygen atoms in total. The average molecular weight is 330 g/mol. The minimum Gasteiger partial charge on any atom is -0.427 e. The second-order valence-corrected chi connectivity index (χ2v) is 7.90. The van der Waals surface area contributed by atoms with Crippen LogP contribution in [0.15, 0.2) is 54.6 Å². The molecule has 0 fully saturated rings. The fourth-order valence-electron chi connectivity index (χ4n) is 3.43. The highest BCUT2D eigenvalue weighted by Crippen LogP contribution is 2.46. The molecule has 3 heteroatoms. The topological polar surface area (TPSA) is 29.5 Å². The lowest BCUT2D eigenvalue weighted by Crippen LogP contribution is -2.49. The van der Waals surface area contributed by atoms with Gasteiger partial charge in [0.15, 0.2) is 0 Å². The van der Waals surface area contributed by atoms with Gasteiger partial charge in [-0.2, -0.15) is 0 Å². The molecule has 4 rings (SSSR count). The zero-order chi connectivity index (χ0) is 17.8. The van der Waals surface area contributed by atoms with Gasteiger partial charge in [0.2, 0.25) is 0 Å². The van der Waals surface area contributed by atoms with E-state index in [9.17, 15) is 5.11 Å². The highest BCUT2D eigenvalue weighted by Gasteiger charge is 2.36. The molecule has 126 valence electrons. The summed E-state index contributed by atoms with van der Waals surface area (Å²) in [5.74, 6) is 0. The normalized spacial score (nSPS) is 13.2. The highest BCUT2D eigenvalue weighted by molar-refractivity contribution is 6.52. The van der Waals surface area contributed by atoms with Gasteiger partial charge < -0.3 is 9.76 Å². The Labute approximate surface area is 149 Å². The fourth-order valence-corrected chi connectivity index (χ4v) is 3.43. The van der Waals surface area contributed by atoms with Crippen LogP contribution in [0.4, 0.5) is 0 Å². The minimum atomic E-state index is -0.905. The first kappa shape index (κ1) is 16.4. The van der Waals surface area contributed by atoms with E-state index < -0.39 is 11.2 Å². The van der Waals surface area contributed by atoms with Gasteiger partial charge in [0.05, 0.1) is 11.2 Å². The molecule has 0 saturated heterocycles. The van der Waals surface area contributed by atoms with Crippen molar-refractivity contribution >= 4 is 23.7 Å². The predicted molar refractivity (Wildman–Crippen MR) is 107 cm³/mol. The van der Waals surface area contributed by atoms with Crippen molar-refractivity contribution in [1.29, 1.82) is 0 Å². The summed E-state index contributed by atoms with van der Waals surface area (Å²) in [6.07, 6.45) is 0. The number of benzene rings is 3. The smallest absolute Gasteiger partial charge is 0.310 e. The Morgan fingerprint density at radius 2 is 1.36 bits per heavy atom. The fraction of sp³-hybridized carbons (Fsp3) is 0.273. The van der Waals surface area contributed by atoms with Crippen molar-refractivity contribution in [2.24, 2.45) is 0 Å². The monoisotopic (exact) mass is 330 g/mol. The lowest BCUT2D eigenvalue weighted by atomic mass is 9.79. The molecule has 1 aliphatic carbocycles. The van der Waals surface area contributed by atoms with E-state index in [0.717, 1.165) is 5.46 Å². The van der Waals surface area contributed by atoms with Crippen LogP contribution < -0.4 is 5.46 Å². The molecule has 1 aliphatic rings. The Kier molecular flexibility index (Phi) is 3.57. The first-order valence-corrected chi connectivity index (χ1v) is 8.80. The molecule has 0 bridgehead atoms. The van der Waals surface area contributed by atoms with Gasteiger partial charge in [-0.3, -0.25) is 0 Å². The summed E-state index contributed by atoms with van der Waals surface area (Å²) < 4.78 is 6.12. The Morgan fingerprint density at radius 1 is 0.760 bits per heavy atom. The summed E-state index contributed by atoms with van der Waals surface area (Å²) in [4.78, 5) is 0. The number of aliphatic hydroxyl groups is 1. The summed E-state index contributed by atoms with van der Waals surface area (Å²) in [5.41, 5.74) is 4.83. The SMILES string of the molecule is CC(C)(O)C(C)(C)OBc1ccc2c3c(cccc13)-c1ccccc1-2. The Bertz CT molecular complexity index is 938. The molecule has 1 N–H and O–H groups in total. The average Bonchev–Trinajstić information content (AvgIpc) is 2.90. The Balaban J connectivity index is 1.79. The van der Waals surface area contributed by atoms with Crippen LogP contribution in [0, 0.1) is 0 Å². The molecule has 25 heavy (non-hydrogen) atoms. The number of hydrogen-bond acceptors (Lipinski definition) is 2. The van der Waals surface area contributed by atoms with Crippen LogP contribution in [0.25, 0.3) is 33.0 Å². The molecule has 0 aromatic heterocycles. The number of rotatable bonds is 4. The largest absolute Gasteiger partial charge is 0.427 e. The third kappa shape index (κ3) is 2.50. The van der Waals surface area contributed by atoms with E-state index >= 15 is 0 Å². The predicted octanol–water partition coefficient (Wildman–Crippen LogP) is 4.03. The van der Waals surface area contributed by atoms with Crippen molar-refractivity contribution in [3.63, 3.8) is 0 Å². The molecule has 0 saturated carbocycles. The van der Waals surface area contributed by atoms with Crippen LogP contribution in [-0.2, 0) is 4.65 Å². The molecular formula is C22H23BO2. The van der Waals surface area contributed by atoms with Crippen LogP contribution >= 0.6 is 0 Å². The molecule has 0 unspecified atom stereocenters. The summed E-state index contributed by atoms with van der Waals surface area (Å²) in [7, 11) is 0.480. The van der Waals surface area contributed by atoms with Crippen LogP contribution in [0.2, 0.25) is 0 Å². The summed E-state index contributed by atoms with van der Waals surface area (Å²) in [6, 6.07) is 19.4. The van der Waals surface area contributed by atoms with E-state index in [1.807, 2.05) is 13.8 Å². The lowest BCUT2D eigenvalue weighted by Gasteiger charge is -2.37. The highest BCUT2D eigenvalue weighted by atomic mass is 16.5. The van der Waals surface area contributed by atoms with E-state index in [1.54, 1.807) is 13.8 Å². The van der Waals surface area contributed by atoms with Gasteiger partial charge in [0.25, 0.3) is 0 Å².